The number of benzene rings is 1. The van der Waals surface area contributed by atoms with Gasteiger partial charge >= 0.3 is 0 Å². The summed E-state index contributed by atoms with van der Waals surface area (Å²) in [6.07, 6.45) is 3.89. The maximum Gasteiger partial charge on any atom is 0.142 e. The van der Waals surface area contributed by atoms with Crippen molar-refractivity contribution in [1.82, 2.24) is 0 Å². The summed E-state index contributed by atoms with van der Waals surface area (Å²) in [5.41, 5.74) is 7.16. The van der Waals surface area contributed by atoms with Gasteiger partial charge in [0.15, 0.2) is 0 Å². The quantitative estimate of drug-likeness (QED) is 0.391. The summed E-state index contributed by atoms with van der Waals surface area (Å²) >= 11 is 0. The summed E-state index contributed by atoms with van der Waals surface area (Å²) in [5.74, 6) is 0. The minimum Gasteiger partial charge on any atom is -0.399 e. The Kier molecular flexibility index (Phi) is 2.44. The highest BCUT2D eigenvalue weighted by Crippen LogP contribution is 2.07. The normalized spacial score (nSPS) is 10.2. The molecule has 1 aromatic carbocycles. The van der Waals surface area contributed by atoms with E-state index in [4.69, 9.17) is 5.73 Å². The van der Waals surface area contributed by atoms with E-state index >= 15 is 0 Å². The molecule has 0 spiro atoms. The van der Waals surface area contributed by atoms with Gasteiger partial charge < -0.3 is 5.73 Å². The summed E-state index contributed by atoms with van der Waals surface area (Å²) in [7, 11) is 0. The van der Waals surface area contributed by atoms with Gasteiger partial charge in [-0.25, -0.2) is 0 Å². The van der Waals surface area contributed by atoms with Gasteiger partial charge in [-0.15, -0.1) is 0 Å². The van der Waals surface area contributed by atoms with Crippen LogP contribution in [-0.2, 0) is 4.79 Å². The van der Waals surface area contributed by atoms with Crippen molar-refractivity contribution in [2.45, 2.75) is 0 Å². The lowest BCUT2D eigenvalue weighted by Gasteiger charge is -1.93. The minimum atomic E-state index is 0.707. The van der Waals surface area contributed by atoms with Crippen LogP contribution in [0.2, 0.25) is 0 Å². The van der Waals surface area contributed by atoms with Crippen LogP contribution < -0.4 is 5.73 Å². The Morgan fingerprint density at radius 3 is 2.82 bits per heavy atom. The average Bonchev–Trinajstić information content (AvgIpc) is 2.01. The first-order valence-corrected chi connectivity index (χ1v) is 3.30. The van der Waals surface area contributed by atoms with Crippen molar-refractivity contribution < 1.29 is 4.79 Å². The molecule has 0 atom stereocenters. The van der Waals surface area contributed by atoms with Crippen LogP contribution in [0, 0.1) is 0 Å². The Morgan fingerprint density at radius 2 is 2.18 bits per heavy atom. The van der Waals surface area contributed by atoms with E-state index in [0.717, 1.165) is 11.8 Å². The van der Waals surface area contributed by atoms with E-state index in [1.165, 1.54) is 6.08 Å². The molecule has 0 saturated carbocycles. The second-order valence-electron chi connectivity index (χ2n) is 2.17. The van der Waals surface area contributed by atoms with Crippen LogP contribution in [0.15, 0.2) is 30.3 Å². The Hall–Kier alpha value is -1.57. The monoisotopic (exact) mass is 147 g/mol. The minimum absolute atomic E-state index is 0.707. The molecule has 0 aliphatic carbocycles. The lowest BCUT2D eigenvalue weighted by atomic mass is 10.2. The first-order chi connectivity index (χ1) is 5.33. The van der Waals surface area contributed by atoms with E-state index in [-0.39, 0.29) is 0 Å². The molecule has 0 unspecified atom stereocenters. The first-order valence-electron chi connectivity index (χ1n) is 3.30. The molecule has 11 heavy (non-hydrogen) atoms. The third-order valence-corrected chi connectivity index (χ3v) is 1.28. The van der Waals surface area contributed by atoms with E-state index in [0.29, 0.717) is 5.69 Å². The third kappa shape index (κ3) is 2.26. The smallest absolute Gasteiger partial charge is 0.142 e. The van der Waals surface area contributed by atoms with E-state index < -0.39 is 0 Å². The van der Waals surface area contributed by atoms with Crippen LogP contribution in [-0.4, -0.2) is 6.29 Å². The number of carbonyl (C=O) groups is 1. The molecule has 0 aliphatic rings. The number of rotatable bonds is 2. The van der Waals surface area contributed by atoms with Crippen molar-refractivity contribution in [1.29, 1.82) is 0 Å². The Morgan fingerprint density at radius 1 is 1.36 bits per heavy atom. The predicted molar refractivity (Wildman–Crippen MR) is 46.0 cm³/mol. The molecular weight excluding hydrogens is 138 g/mol. The molecule has 2 nitrogen and oxygen atoms in total. The van der Waals surface area contributed by atoms with Gasteiger partial charge in [-0.05, 0) is 23.8 Å². The number of hydrogen-bond donors (Lipinski definition) is 1. The molecule has 0 heterocycles. The topological polar surface area (TPSA) is 43.1 Å². The van der Waals surface area contributed by atoms with Crippen molar-refractivity contribution in [3.63, 3.8) is 0 Å². The largest absolute Gasteiger partial charge is 0.399 e. The van der Waals surface area contributed by atoms with E-state index in [9.17, 15) is 4.79 Å². The summed E-state index contributed by atoms with van der Waals surface area (Å²) in [6, 6.07) is 7.34. The number of allylic oxidation sites excluding steroid dienone is 1. The summed E-state index contributed by atoms with van der Waals surface area (Å²) < 4.78 is 0. The standard InChI is InChI=1S/C9H9NO/c10-9-5-1-3-8(7-9)4-2-6-11/h1-7H,10H2. The van der Waals surface area contributed by atoms with Gasteiger partial charge in [0.2, 0.25) is 0 Å². The Labute approximate surface area is 65.3 Å². The Bertz CT molecular complexity index is 279. The van der Waals surface area contributed by atoms with Gasteiger partial charge in [-0.1, -0.05) is 18.2 Å². The number of hydrogen-bond acceptors (Lipinski definition) is 2. The van der Waals surface area contributed by atoms with Gasteiger partial charge in [-0.3, -0.25) is 4.79 Å². The zero-order valence-electron chi connectivity index (χ0n) is 6.03. The summed E-state index contributed by atoms with van der Waals surface area (Å²) in [5, 5.41) is 0. The predicted octanol–water partition coefficient (Wildman–Crippen LogP) is 1.48. The molecule has 0 radical (unpaired) electrons. The molecule has 2 N–H and O–H groups in total. The lowest BCUT2D eigenvalue weighted by Crippen LogP contribution is -1.83. The van der Waals surface area contributed by atoms with E-state index in [2.05, 4.69) is 0 Å². The maximum absolute atomic E-state index is 9.95. The highest BCUT2D eigenvalue weighted by Gasteiger charge is 1.85. The van der Waals surface area contributed by atoms with Gasteiger partial charge in [0.05, 0.1) is 0 Å². The van der Waals surface area contributed by atoms with Crippen molar-refractivity contribution in [3.8, 4) is 0 Å². The van der Waals surface area contributed by atoms with Crippen LogP contribution in [0.4, 0.5) is 5.69 Å². The molecule has 1 rings (SSSR count). The van der Waals surface area contributed by atoms with Crippen molar-refractivity contribution in [2.75, 3.05) is 5.73 Å². The van der Waals surface area contributed by atoms with Crippen molar-refractivity contribution in [2.24, 2.45) is 0 Å². The number of anilines is 1. The van der Waals surface area contributed by atoms with Crippen LogP contribution >= 0.6 is 0 Å². The fourth-order valence-electron chi connectivity index (χ4n) is 0.813. The van der Waals surface area contributed by atoms with E-state index in [1.54, 1.807) is 18.2 Å². The third-order valence-electron chi connectivity index (χ3n) is 1.28. The first kappa shape index (κ1) is 7.54. The molecule has 0 aromatic heterocycles. The highest BCUT2D eigenvalue weighted by molar-refractivity contribution is 5.74. The van der Waals surface area contributed by atoms with Crippen molar-refractivity contribution in [3.05, 3.63) is 35.9 Å². The van der Waals surface area contributed by atoms with E-state index in [1.807, 2.05) is 12.1 Å². The van der Waals surface area contributed by atoms with Crippen LogP contribution in [0.25, 0.3) is 6.08 Å². The second-order valence-corrected chi connectivity index (χ2v) is 2.17. The maximum atomic E-state index is 9.95. The molecule has 2 heteroatoms. The molecule has 0 aliphatic heterocycles. The number of nitrogens with two attached hydrogens (primary N) is 1. The molecule has 0 fully saturated rings. The molecule has 1 aromatic rings. The van der Waals surface area contributed by atoms with Crippen LogP contribution in [0.1, 0.15) is 5.56 Å². The number of nitrogen functional groups attached to an aromatic ring is 1. The molecule has 0 saturated heterocycles. The molecule has 56 valence electrons. The Balaban J connectivity index is 2.87. The zero-order valence-corrected chi connectivity index (χ0v) is 6.03. The fourth-order valence-corrected chi connectivity index (χ4v) is 0.813. The van der Waals surface area contributed by atoms with Gasteiger partial charge in [0.1, 0.15) is 6.29 Å². The molecular formula is C9H9NO. The van der Waals surface area contributed by atoms with Crippen LogP contribution in [0.3, 0.4) is 0 Å². The summed E-state index contributed by atoms with van der Waals surface area (Å²) in [6.45, 7) is 0. The highest BCUT2D eigenvalue weighted by atomic mass is 16.1. The zero-order chi connectivity index (χ0) is 8.10. The van der Waals surface area contributed by atoms with Gasteiger partial charge in [-0.2, -0.15) is 0 Å². The van der Waals surface area contributed by atoms with Crippen molar-refractivity contribution >= 4 is 18.0 Å². The number of carbonyl (C=O) groups excluding carboxylic acids is 1. The summed E-state index contributed by atoms with van der Waals surface area (Å²) in [4.78, 5) is 9.95. The fraction of sp³-hybridized carbons (Fsp3) is 0. The second kappa shape index (κ2) is 3.56. The van der Waals surface area contributed by atoms with Gasteiger partial charge in [0.25, 0.3) is 0 Å². The molecule has 0 bridgehead atoms. The number of aldehydes is 1. The van der Waals surface area contributed by atoms with Gasteiger partial charge in [0, 0.05) is 5.69 Å². The lowest BCUT2D eigenvalue weighted by molar-refractivity contribution is -0.104. The van der Waals surface area contributed by atoms with Crippen LogP contribution in [0.5, 0.6) is 0 Å². The average molecular weight is 147 g/mol. The SMILES string of the molecule is Nc1cccc(C=CC=O)c1. The molecule has 0 amide bonds.